The molecule has 0 aromatic rings. The van der Waals surface area contributed by atoms with Crippen molar-refractivity contribution in [3.63, 3.8) is 0 Å². The zero-order valence-corrected chi connectivity index (χ0v) is 9.77. The van der Waals surface area contributed by atoms with E-state index >= 15 is 0 Å². The summed E-state index contributed by atoms with van der Waals surface area (Å²) in [6, 6.07) is 0. The Bertz CT molecular complexity index is 147. The Morgan fingerprint density at radius 3 is 1.86 bits per heavy atom. The van der Waals surface area contributed by atoms with Gasteiger partial charge in [0, 0.05) is 0 Å². The Balaban J connectivity index is 3.84. The Morgan fingerprint density at radius 1 is 1.14 bits per heavy atom. The van der Waals surface area contributed by atoms with Crippen molar-refractivity contribution < 1.29 is 19.5 Å². The molecule has 0 amide bonds. The molecule has 0 aliphatic heterocycles. The molecule has 0 radical (unpaired) electrons. The van der Waals surface area contributed by atoms with Gasteiger partial charge in [-0.3, -0.25) is 4.84 Å². The van der Waals surface area contributed by atoms with Crippen LogP contribution in [0.5, 0.6) is 0 Å². The van der Waals surface area contributed by atoms with E-state index in [0.29, 0.717) is 6.61 Å². The number of hydrogen-bond donors (Lipinski definition) is 2. The molecule has 0 aromatic heterocycles. The van der Waals surface area contributed by atoms with Gasteiger partial charge in [-0.05, 0) is 13.8 Å². The highest BCUT2D eigenvalue weighted by Crippen LogP contribution is 2.02. The van der Waals surface area contributed by atoms with Crippen LogP contribution >= 0.6 is 0 Å². The molecule has 14 heavy (non-hydrogen) atoms. The van der Waals surface area contributed by atoms with Crippen LogP contribution in [-0.4, -0.2) is 66.5 Å². The van der Waals surface area contributed by atoms with Gasteiger partial charge >= 0.3 is 0 Å². The molecule has 0 bridgehead atoms. The summed E-state index contributed by atoms with van der Waals surface area (Å²) in [5.74, 6) is 0. The van der Waals surface area contributed by atoms with Crippen LogP contribution < -0.4 is 0 Å². The summed E-state index contributed by atoms with van der Waals surface area (Å²) >= 11 is 0. The Morgan fingerprint density at radius 2 is 1.57 bits per heavy atom. The van der Waals surface area contributed by atoms with Gasteiger partial charge < -0.3 is 14.7 Å². The fraction of sp³-hybridized carbons (Fsp3) is 1.00. The van der Waals surface area contributed by atoms with E-state index in [-0.39, 0.29) is 0 Å². The molecular formula is C9H23N2O3+. The quantitative estimate of drug-likeness (QED) is 0.354. The molecule has 0 aromatic carbocycles. The maximum Gasteiger partial charge on any atom is 0.130 e. The zero-order chi connectivity index (χ0) is 11.4. The van der Waals surface area contributed by atoms with Gasteiger partial charge in [-0.2, -0.15) is 0 Å². The summed E-state index contributed by atoms with van der Waals surface area (Å²) in [6.45, 7) is 4.40. The Labute approximate surface area is 86.0 Å². The van der Waals surface area contributed by atoms with Crippen molar-refractivity contribution in [2.45, 2.75) is 26.3 Å². The SMILES string of the molecule is CC(O)N(OCC[N+](C)(C)C)C(C)O. The molecule has 0 aliphatic carbocycles. The van der Waals surface area contributed by atoms with Gasteiger partial charge in [0.15, 0.2) is 0 Å². The van der Waals surface area contributed by atoms with Crippen LogP contribution in [0.2, 0.25) is 0 Å². The van der Waals surface area contributed by atoms with Crippen LogP contribution in [0.15, 0.2) is 0 Å². The monoisotopic (exact) mass is 207 g/mol. The summed E-state index contributed by atoms with van der Waals surface area (Å²) < 4.78 is 0.785. The fourth-order valence-corrected chi connectivity index (χ4v) is 0.948. The molecule has 5 nitrogen and oxygen atoms in total. The second kappa shape index (κ2) is 5.63. The first-order chi connectivity index (χ1) is 6.24. The first kappa shape index (κ1) is 13.8. The third-order valence-corrected chi connectivity index (χ3v) is 1.74. The lowest BCUT2D eigenvalue weighted by Gasteiger charge is -2.29. The number of aliphatic hydroxyl groups is 2. The second-order valence-corrected chi connectivity index (χ2v) is 4.47. The maximum atomic E-state index is 9.25. The summed E-state index contributed by atoms with van der Waals surface area (Å²) in [6.07, 6.45) is -1.61. The van der Waals surface area contributed by atoms with Crippen molar-refractivity contribution in [3.8, 4) is 0 Å². The third kappa shape index (κ3) is 6.28. The van der Waals surface area contributed by atoms with Gasteiger partial charge in [0.05, 0.1) is 21.1 Å². The number of hydroxylamine groups is 2. The summed E-state index contributed by atoms with van der Waals surface area (Å²) in [5, 5.41) is 19.7. The molecule has 0 aliphatic rings. The van der Waals surface area contributed by atoms with Crippen LogP contribution in [0.3, 0.4) is 0 Å². The molecule has 2 N–H and O–H groups in total. The predicted molar refractivity (Wildman–Crippen MR) is 54.1 cm³/mol. The molecular weight excluding hydrogens is 184 g/mol. The van der Waals surface area contributed by atoms with Crippen molar-refractivity contribution in [1.82, 2.24) is 5.06 Å². The lowest BCUT2D eigenvalue weighted by Crippen LogP contribution is -2.44. The van der Waals surface area contributed by atoms with Crippen LogP contribution in [0.4, 0.5) is 0 Å². The molecule has 0 saturated heterocycles. The zero-order valence-electron chi connectivity index (χ0n) is 9.77. The minimum atomic E-state index is -0.803. The summed E-state index contributed by atoms with van der Waals surface area (Å²) in [4.78, 5) is 5.26. The van der Waals surface area contributed by atoms with Gasteiger partial charge in [-0.1, -0.05) is 0 Å². The van der Waals surface area contributed by atoms with Gasteiger partial charge in [-0.25, -0.2) is 0 Å². The van der Waals surface area contributed by atoms with E-state index in [1.54, 1.807) is 13.8 Å². The molecule has 86 valence electrons. The molecule has 0 spiro atoms. The van der Waals surface area contributed by atoms with Gasteiger partial charge in [0.2, 0.25) is 0 Å². The van der Waals surface area contributed by atoms with E-state index in [1.165, 1.54) is 5.06 Å². The van der Waals surface area contributed by atoms with Gasteiger partial charge in [0.25, 0.3) is 0 Å². The number of hydrogen-bond acceptors (Lipinski definition) is 4. The van der Waals surface area contributed by atoms with Crippen LogP contribution in [0.1, 0.15) is 13.8 Å². The minimum Gasteiger partial charge on any atom is -0.376 e. The van der Waals surface area contributed by atoms with E-state index in [4.69, 9.17) is 4.84 Å². The molecule has 2 atom stereocenters. The van der Waals surface area contributed by atoms with Crippen molar-refractivity contribution in [1.29, 1.82) is 0 Å². The number of rotatable bonds is 6. The Kier molecular flexibility index (Phi) is 5.54. The molecule has 0 rings (SSSR count). The normalized spacial score (nSPS) is 17.1. The van der Waals surface area contributed by atoms with E-state index in [0.717, 1.165) is 11.0 Å². The first-order valence-corrected chi connectivity index (χ1v) is 4.82. The highest BCUT2D eigenvalue weighted by Gasteiger charge is 2.18. The van der Waals surface area contributed by atoms with E-state index in [9.17, 15) is 10.2 Å². The molecule has 0 fully saturated rings. The number of quaternary nitrogens is 1. The minimum absolute atomic E-state index is 0.472. The van der Waals surface area contributed by atoms with E-state index < -0.39 is 12.5 Å². The number of aliphatic hydroxyl groups excluding tert-OH is 2. The molecule has 0 heterocycles. The van der Waals surface area contributed by atoms with Crippen molar-refractivity contribution in [2.24, 2.45) is 0 Å². The number of likely N-dealkylation sites (N-methyl/N-ethyl adjacent to an activating group) is 1. The number of nitrogens with zero attached hydrogens (tertiary/aromatic N) is 2. The molecule has 0 saturated carbocycles. The van der Waals surface area contributed by atoms with E-state index in [2.05, 4.69) is 21.1 Å². The smallest absolute Gasteiger partial charge is 0.130 e. The highest BCUT2D eigenvalue weighted by molar-refractivity contribution is 4.45. The largest absolute Gasteiger partial charge is 0.376 e. The average molecular weight is 207 g/mol. The summed E-state index contributed by atoms with van der Waals surface area (Å²) in [5.41, 5.74) is 0. The van der Waals surface area contributed by atoms with Gasteiger partial charge in [-0.15, -0.1) is 5.06 Å². The lowest BCUT2D eigenvalue weighted by molar-refractivity contribution is -0.871. The van der Waals surface area contributed by atoms with E-state index in [1.807, 2.05) is 0 Å². The van der Waals surface area contributed by atoms with Crippen molar-refractivity contribution >= 4 is 0 Å². The maximum absolute atomic E-state index is 9.25. The topological polar surface area (TPSA) is 52.9 Å². The van der Waals surface area contributed by atoms with Crippen molar-refractivity contribution in [3.05, 3.63) is 0 Å². The van der Waals surface area contributed by atoms with Crippen LogP contribution in [0, 0.1) is 0 Å². The first-order valence-electron chi connectivity index (χ1n) is 4.82. The van der Waals surface area contributed by atoms with Gasteiger partial charge in [0.1, 0.15) is 25.6 Å². The molecule has 5 heteroatoms. The van der Waals surface area contributed by atoms with Crippen LogP contribution in [0.25, 0.3) is 0 Å². The fourth-order valence-electron chi connectivity index (χ4n) is 0.948. The summed E-state index contributed by atoms with van der Waals surface area (Å²) in [7, 11) is 6.16. The van der Waals surface area contributed by atoms with Crippen molar-refractivity contribution in [2.75, 3.05) is 34.3 Å². The van der Waals surface area contributed by atoms with Crippen LogP contribution in [-0.2, 0) is 4.84 Å². The average Bonchev–Trinajstić information content (AvgIpc) is 1.94. The highest BCUT2D eigenvalue weighted by atomic mass is 16.7. The third-order valence-electron chi connectivity index (χ3n) is 1.74. The Hall–Kier alpha value is -0.200. The standard InChI is InChI=1S/C9H23N2O3/c1-8(12)10(9(2)13)14-7-6-11(3,4)5/h8-9,12-13H,6-7H2,1-5H3/q+1. The molecule has 2 unspecified atom stereocenters. The second-order valence-electron chi connectivity index (χ2n) is 4.47. The predicted octanol–water partition coefficient (Wildman–Crippen LogP) is -0.397. The lowest BCUT2D eigenvalue weighted by atomic mass is 10.5.